The van der Waals surface area contributed by atoms with E-state index >= 15 is 0 Å². The van der Waals surface area contributed by atoms with Crippen molar-refractivity contribution in [2.24, 2.45) is 0 Å². The third kappa shape index (κ3) is 4.67. The van der Waals surface area contributed by atoms with Gasteiger partial charge in [0.25, 0.3) is 5.69 Å². The molecule has 1 N–H and O–H groups in total. The van der Waals surface area contributed by atoms with Gasteiger partial charge in [0.05, 0.1) is 27.9 Å². The summed E-state index contributed by atoms with van der Waals surface area (Å²) >= 11 is 3.21. The molecule has 6 nitrogen and oxygen atoms in total. The lowest BCUT2D eigenvalue weighted by molar-refractivity contribution is -0.384. The first kappa shape index (κ1) is 19.2. The summed E-state index contributed by atoms with van der Waals surface area (Å²) in [5, 5.41) is 19.5. The predicted molar refractivity (Wildman–Crippen MR) is 118 cm³/mol. The van der Waals surface area contributed by atoms with Crippen molar-refractivity contribution in [3.05, 3.63) is 92.6 Å². The number of nitro groups is 1. The molecule has 0 bridgehead atoms. The third-order valence-electron chi connectivity index (χ3n) is 4.42. The Balaban J connectivity index is 1.61. The largest absolute Gasteiger partial charge is 0.367 e. The lowest BCUT2D eigenvalue weighted by atomic mass is 10.0. The van der Waals surface area contributed by atoms with Crippen LogP contribution < -0.4 is 5.32 Å². The quantitative estimate of drug-likeness (QED) is 0.297. The Morgan fingerprint density at radius 2 is 1.90 bits per heavy atom. The molecule has 29 heavy (non-hydrogen) atoms. The van der Waals surface area contributed by atoms with Crippen molar-refractivity contribution in [2.45, 2.75) is 19.4 Å². The van der Waals surface area contributed by atoms with Gasteiger partial charge < -0.3 is 5.32 Å². The van der Waals surface area contributed by atoms with Gasteiger partial charge in [0.2, 0.25) is 0 Å². The molecular weight excluding hydrogens is 404 g/mol. The van der Waals surface area contributed by atoms with Crippen LogP contribution in [0.25, 0.3) is 10.6 Å². The molecule has 1 atom stereocenters. The molecule has 0 fully saturated rings. The zero-order valence-corrected chi connectivity index (χ0v) is 17.2. The highest BCUT2D eigenvalue weighted by molar-refractivity contribution is 7.15. The van der Waals surface area contributed by atoms with Crippen LogP contribution in [-0.2, 0) is 6.42 Å². The molecule has 2 aromatic heterocycles. The van der Waals surface area contributed by atoms with E-state index in [-0.39, 0.29) is 16.7 Å². The number of benzene rings is 2. The molecule has 0 spiro atoms. The topological polar surface area (TPSA) is 81.0 Å². The Morgan fingerprint density at radius 3 is 2.55 bits per heavy atom. The lowest BCUT2D eigenvalue weighted by Gasteiger charge is -2.17. The van der Waals surface area contributed by atoms with Gasteiger partial charge in [-0.3, -0.25) is 10.1 Å². The SMILES string of the molecule is Cc1ncc(N[C@@H](Cc2ccc([N+](=O)[O-])cc2)c2csc(-c3ccccc3)n2)s1. The van der Waals surface area contributed by atoms with Crippen molar-refractivity contribution in [2.75, 3.05) is 5.32 Å². The summed E-state index contributed by atoms with van der Waals surface area (Å²) in [6.45, 7) is 1.97. The van der Waals surface area contributed by atoms with Crippen molar-refractivity contribution in [3.8, 4) is 10.6 Å². The maximum Gasteiger partial charge on any atom is 0.269 e. The first-order valence-corrected chi connectivity index (χ1v) is 10.7. The number of non-ortho nitro benzene ring substituents is 1. The predicted octanol–water partition coefficient (Wildman–Crippen LogP) is 5.88. The molecule has 0 radical (unpaired) electrons. The van der Waals surface area contributed by atoms with Crippen LogP contribution in [0, 0.1) is 17.0 Å². The number of hydrogen-bond donors (Lipinski definition) is 1. The molecule has 0 unspecified atom stereocenters. The zero-order chi connectivity index (χ0) is 20.2. The van der Waals surface area contributed by atoms with Crippen molar-refractivity contribution in [1.29, 1.82) is 0 Å². The van der Waals surface area contributed by atoms with Crippen LogP contribution in [0.2, 0.25) is 0 Å². The van der Waals surface area contributed by atoms with Crippen LogP contribution in [0.4, 0.5) is 10.7 Å². The van der Waals surface area contributed by atoms with Crippen LogP contribution in [0.5, 0.6) is 0 Å². The van der Waals surface area contributed by atoms with E-state index in [0.29, 0.717) is 6.42 Å². The number of hydrogen-bond acceptors (Lipinski definition) is 7. The Labute approximate surface area is 176 Å². The van der Waals surface area contributed by atoms with Crippen LogP contribution in [-0.4, -0.2) is 14.9 Å². The highest BCUT2D eigenvalue weighted by Crippen LogP contribution is 2.31. The van der Waals surface area contributed by atoms with Crippen LogP contribution in [0.1, 0.15) is 22.3 Å². The monoisotopic (exact) mass is 422 g/mol. The van der Waals surface area contributed by atoms with Crippen LogP contribution in [0.3, 0.4) is 0 Å². The van der Waals surface area contributed by atoms with Crippen molar-refractivity contribution < 1.29 is 4.92 Å². The minimum Gasteiger partial charge on any atom is -0.367 e. The average Bonchev–Trinajstić information content (AvgIpc) is 3.38. The van der Waals surface area contributed by atoms with Gasteiger partial charge in [-0.15, -0.1) is 22.7 Å². The van der Waals surface area contributed by atoms with E-state index < -0.39 is 0 Å². The van der Waals surface area contributed by atoms with Gasteiger partial charge in [0.1, 0.15) is 10.0 Å². The van der Waals surface area contributed by atoms with Crippen molar-refractivity contribution in [3.63, 3.8) is 0 Å². The standard InChI is InChI=1S/C21H18N4O2S2/c1-14-22-12-20(29-14)23-18(11-15-7-9-17(10-8-15)25(26)27)19-13-28-21(24-19)16-5-3-2-4-6-16/h2-10,12-13,18,23H,11H2,1H3/t18-/m0/s1. The molecule has 4 rings (SSSR count). The first-order valence-electron chi connectivity index (χ1n) is 9.01. The zero-order valence-electron chi connectivity index (χ0n) is 15.6. The van der Waals surface area contributed by atoms with Gasteiger partial charge in [-0.2, -0.15) is 0 Å². The summed E-state index contributed by atoms with van der Waals surface area (Å²) in [5.41, 5.74) is 3.13. The Hall–Kier alpha value is -3.10. The summed E-state index contributed by atoms with van der Waals surface area (Å²) in [6, 6.07) is 16.7. The van der Waals surface area contributed by atoms with Crippen molar-refractivity contribution in [1.82, 2.24) is 9.97 Å². The maximum atomic E-state index is 10.9. The number of rotatable bonds is 7. The van der Waals surface area contributed by atoms with E-state index in [1.165, 1.54) is 0 Å². The molecule has 2 aromatic carbocycles. The Kier molecular flexibility index (Phi) is 5.64. The molecule has 4 aromatic rings. The van der Waals surface area contributed by atoms with Crippen LogP contribution >= 0.6 is 22.7 Å². The van der Waals surface area contributed by atoms with Gasteiger partial charge in [0, 0.05) is 23.1 Å². The number of thiazole rings is 2. The fourth-order valence-electron chi connectivity index (χ4n) is 2.98. The van der Waals surface area contributed by atoms with E-state index in [0.717, 1.165) is 31.8 Å². The number of aromatic nitrogens is 2. The summed E-state index contributed by atoms with van der Waals surface area (Å²) in [5.74, 6) is 0. The summed E-state index contributed by atoms with van der Waals surface area (Å²) < 4.78 is 0. The second-order valence-corrected chi connectivity index (χ2v) is 8.60. The Bertz CT molecular complexity index is 1110. The fourth-order valence-corrected chi connectivity index (χ4v) is 4.59. The van der Waals surface area contributed by atoms with E-state index in [1.54, 1.807) is 46.9 Å². The highest BCUT2D eigenvalue weighted by atomic mass is 32.1. The minimum absolute atomic E-state index is 0.0648. The molecule has 146 valence electrons. The molecule has 8 heteroatoms. The van der Waals surface area contributed by atoms with Crippen LogP contribution in [0.15, 0.2) is 66.2 Å². The molecule has 0 amide bonds. The molecular formula is C21H18N4O2S2. The lowest BCUT2D eigenvalue weighted by Crippen LogP contribution is -2.13. The van der Waals surface area contributed by atoms with E-state index in [4.69, 9.17) is 4.98 Å². The number of nitro benzene ring substituents is 1. The summed E-state index contributed by atoms with van der Waals surface area (Å²) in [6.07, 6.45) is 2.49. The molecule has 0 aliphatic carbocycles. The molecule has 2 heterocycles. The number of aryl methyl sites for hydroxylation is 1. The summed E-state index contributed by atoms with van der Waals surface area (Å²) in [7, 11) is 0. The molecule has 0 saturated heterocycles. The minimum atomic E-state index is -0.383. The highest BCUT2D eigenvalue weighted by Gasteiger charge is 2.18. The number of anilines is 1. The van der Waals surface area contributed by atoms with Gasteiger partial charge in [-0.1, -0.05) is 42.5 Å². The normalized spacial score (nSPS) is 11.9. The van der Waals surface area contributed by atoms with Gasteiger partial charge in [-0.25, -0.2) is 9.97 Å². The van der Waals surface area contributed by atoms with E-state index in [2.05, 4.69) is 15.7 Å². The fraction of sp³-hybridized carbons (Fsp3) is 0.143. The van der Waals surface area contributed by atoms with Crippen molar-refractivity contribution >= 4 is 33.4 Å². The molecule has 0 saturated carbocycles. The maximum absolute atomic E-state index is 10.9. The van der Waals surface area contributed by atoms with Gasteiger partial charge in [0.15, 0.2) is 0 Å². The third-order valence-corrected chi connectivity index (χ3v) is 6.18. The smallest absolute Gasteiger partial charge is 0.269 e. The Morgan fingerprint density at radius 1 is 1.14 bits per heavy atom. The number of nitrogens with zero attached hydrogens (tertiary/aromatic N) is 3. The second-order valence-electron chi connectivity index (χ2n) is 6.51. The average molecular weight is 423 g/mol. The number of nitrogens with one attached hydrogen (secondary N) is 1. The van der Waals surface area contributed by atoms with E-state index in [1.807, 2.05) is 43.5 Å². The molecule has 0 aliphatic rings. The van der Waals surface area contributed by atoms with Gasteiger partial charge >= 0.3 is 0 Å². The molecule has 0 aliphatic heterocycles. The van der Waals surface area contributed by atoms with E-state index in [9.17, 15) is 10.1 Å². The van der Waals surface area contributed by atoms with Gasteiger partial charge in [-0.05, 0) is 18.9 Å². The first-order chi connectivity index (χ1) is 14.1. The second kappa shape index (κ2) is 8.50. The summed E-state index contributed by atoms with van der Waals surface area (Å²) in [4.78, 5) is 19.7.